The molecule has 3 heterocycles. The van der Waals surface area contributed by atoms with Crippen LogP contribution >= 0.6 is 0 Å². The van der Waals surface area contributed by atoms with Gasteiger partial charge in [-0.3, -0.25) is 0 Å². The number of para-hydroxylation sites is 1. The number of nitrogen functional groups attached to an aromatic ring is 1. The number of nitrogens with two attached hydrogens (primary N) is 1. The van der Waals surface area contributed by atoms with Crippen molar-refractivity contribution in [2.24, 2.45) is 0 Å². The molecule has 4 rings (SSSR count). The van der Waals surface area contributed by atoms with Crippen molar-refractivity contribution in [2.75, 3.05) is 12.3 Å². The van der Waals surface area contributed by atoms with Crippen molar-refractivity contribution in [1.82, 2.24) is 19.9 Å². The molecule has 0 spiro atoms. The van der Waals surface area contributed by atoms with Crippen LogP contribution in [-0.4, -0.2) is 35.5 Å². The zero-order valence-corrected chi connectivity index (χ0v) is 17.8. The number of hydrogen-bond acceptors (Lipinski definition) is 5. The lowest BCUT2D eigenvalue weighted by Crippen LogP contribution is -2.46. The minimum atomic E-state index is -1.86. The summed E-state index contributed by atoms with van der Waals surface area (Å²) in [7, 11) is -1.86. The number of anilines is 1. The van der Waals surface area contributed by atoms with Gasteiger partial charge < -0.3 is 20.0 Å². The van der Waals surface area contributed by atoms with Gasteiger partial charge in [0.05, 0.1) is 30.2 Å². The smallest absolute Gasteiger partial charge is 0.192 e. The lowest BCUT2D eigenvalue weighted by atomic mass is 10.2. The van der Waals surface area contributed by atoms with Crippen molar-refractivity contribution in [3.05, 3.63) is 30.1 Å². The molecule has 1 unspecified atom stereocenters. The number of rotatable bonds is 2. The minimum absolute atomic E-state index is 0.109. The standard InChI is InChI=1S/C20H29N5OSi/c1-20(2,3)27(4,5)26-13-10-22-11-16-24-17-18(25(16)12-13)14-8-6-7-9-15(14)23-19(17)21/h6-9,13,22H,10-12H2,1-5H3,(H2,21,23). The summed E-state index contributed by atoms with van der Waals surface area (Å²) < 4.78 is 9.01. The molecule has 1 atom stereocenters. The number of nitrogens with zero attached hydrogens (tertiary/aromatic N) is 3. The molecule has 1 aromatic carbocycles. The van der Waals surface area contributed by atoms with Gasteiger partial charge in [0.1, 0.15) is 11.3 Å². The second kappa shape index (κ2) is 6.29. The lowest BCUT2D eigenvalue weighted by molar-refractivity contribution is 0.165. The third-order valence-corrected chi connectivity index (χ3v) is 10.5. The summed E-state index contributed by atoms with van der Waals surface area (Å²) in [5.41, 5.74) is 9.00. The molecule has 3 aromatic rings. The normalized spacial score (nSPS) is 18.6. The Morgan fingerprint density at radius 2 is 1.96 bits per heavy atom. The highest BCUT2D eigenvalue weighted by molar-refractivity contribution is 6.74. The fourth-order valence-corrected chi connectivity index (χ4v) is 4.87. The fraction of sp³-hybridized carbons (Fsp3) is 0.500. The molecule has 1 aliphatic rings. The highest BCUT2D eigenvalue weighted by atomic mass is 28.4. The Hall–Kier alpha value is -1.96. The van der Waals surface area contributed by atoms with Gasteiger partial charge in [0.2, 0.25) is 0 Å². The zero-order chi connectivity index (χ0) is 19.4. The minimum Gasteiger partial charge on any atom is -0.411 e. The first-order chi connectivity index (χ1) is 12.7. The second-order valence-corrected chi connectivity index (χ2v) is 13.7. The molecule has 0 saturated carbocycles. The van der Waals surface area contributed by atoms with Gasteiger partial charge in [-0.25, -0.2) is 9.97 Å². The van der Waals surface area contributed by atoms with E-state index in [1.807, 2.05) is 18.2 Å². The molecular weight excluding hydrogens is 354 g/mol. The quantitative estimate of drug-likeness (QED) is 0.660. The van der Waals surface area contributed by atoms with Crippen LogP contribution in [0.25, 0.3) is 21.9 Å². The second-order valence-electron chi connectivity index (χ2n) is 8.98. The summed E-state index contributed by atoms with van der Waals surface area (Å²) >= 11 is 0. The van der Waals surface area contributed by atoms with E-state index < -0.39 is 8.32 Å². The van der Waals surface area contributed by atoms with Crippen LogP contribution in [0.5, 0.6) is 0 Å². The van der Waals surface area contributed by atoms with Crippen LogP contribution in [0.3, 0.4) is 0 Å². The van der Waals surface area contributed by atoms with Crippen LogP contribution in [0.1, 0.15) is 26.6 Å². The monoisotopic (exact) mass is 383 g/mol. The van der Waals surface area contributed by atoms with Crippen LogP contribution in [0.4, 0.5) is 5.82 Å². The zero-order valence-electron chi connectivity index (χ0n) is 16.8. The summed E-state index contributed by atoms with van der Waals surface area (Å²) in [6, 6.07) is 8.13. The van der Waals surface area contributed by atoms with Gasteiger partial charge in [-0.15, -0.1) is 0 Å². The first-order valence-corrected chi connectivity index (χ1v) is 12.5. The highest BCUT2D eigenvalue weighted by Crippen LogP contribution is 2.38. The van der Waals surface area contributed by atoms with E-state index in [9.17, 15) is 0 Å². The fourth-order valence-electron chi connectivity index (χ4n) is 3.52. The van der Waals surface area contributed by atoms with Crippen molar-refractivity contribution in [3.8, 4) is 0 Å². The van der Waals surface area contributed by atoms with Gasteiger partial charge in [-0.05, 0) is 24.2 Å². The molecule has 0 amide bonds. The van der Waals surface area contributed by atoms with E-state index in [1.165, 1.54) is 0 Å². The van der Waals surface area contributed by atoms with E-state index in [2.05, 4.69) is 54.8 Å². The van der Waals surface area contributed by atoms with Crippen LogP contribution < -0.4 is 11.1 Å². The third kappa shape index (κ3) is 3.13. The molecule has 0 bridgehead atoms. The Morgan fingerprint density at radius 3 is 2.70 bits per heavy atom. The highest BCUT2D eigenvalue weighted by Gasteiger charge is 2.39. The van der Waals surface area contributed by atoms with E-state index in [0.717, 1.165) is 40.9 Å². The van der Waals surface area contributed by atoms with Gasteiger partial charge in [0.25, 0.3) is 0 Å². The van der Waals surface area contributed by atoms with Crippen molar-refractivity contribution < 1.29 is 4.43 Å². The van der Waals surface area contributed by atoms with Gasteiger partial charge >= 0.3 is 0 Å². The van der Waals surface area contributed by atoms with Gasteiger partial charge in [0, 0.05) is 11.9 Å². The number of nitrogens with one attached hydrogen (secondary N) is 1. The predicted octanol–water partition coefficient (Wildman–Crippen LogP) is 3.66. The maximum Gasteiger partial charge on any atom is 0.192 e. The van der Waals surface area contributed by atoms with Crippen molar-refractivity contribution in [1.29, 1.82) is 0 Å². The number of aromatic nitrogens is 3. The van der Waals surface area contributed by atoms with Gasteiger partial charge in [-0.1, -0.05) is 39.0 Å². The average Bonchev–Trinajstić information content (AvgIpc) is 2.82. The Balaban J connectivity index is 1.81. The van der Waals surface area contributed by atoms with E-state index in [4.69, 9.17) is 15.1 Å². The number of fused-ring (bicyclic) bond motifs is 5. The molecule has 0 radical (unpaired) electrons. The molecule has 144 valence electrons. The third-order valence-electron chi connectivity index (χ3n) is 6.00. The molecule has 0 fully saturated rings. The summed E-state index contributed by atoms with van der Waals surface area (Å²) in [5, 5.41) is 4.78. The van der Waals surface area contributed by atoms with Gasteiger partial charge in [-0.2, -0.15) is 0 Å². The number of benzene rings is 1. The van der Waals surface area contributed by atoms with E-state index in [1.54, 1.807) is 0 Å². The first kappa shape index (κ1) is 18.4. The van der Waals surface area contributed by atoms with E-state index in [-0.39, 0.29) is 11.1 Å². The lowest BCUT2D eigenvalue weighted by Gasteiger charge is -2.39. The Labute approximate surface area is 161 Å². The molecule has 0 saturated heterocycles. The molecular formula is C20H29N5OSi. The maximum absolute atomic E-state index is 6.72. The summed E-state index contributed by atoms with van der Waals surface area (Å²) in [4.78, 5) is 9.35. The Kier molecular flexibility index (Phi) is 4.29. The van der Waals surface area contributed by atoms with Crippen molar-refractivity contribution in [3.63, 3.8) is 0 Å². The average molecular weight is 384 g/mol. The molecule has 3 N–H and O–H groups in total. The summed E-state index contributed by atoms with van der Waals surface area (Å²) in [6.45, 7) is 13.8. The van der Waals surface area contributed by atoms with E-state index in [0.29, 0.717) is 12.4 Å². The summed E-state index contributed by atoms with van der Waals surface area (Å²) in [6.07, 6.45) is 0.109. The van der Waals surface area contributed by atoms with Gasteiger partial charge in [0.15, 0.2) is 14.1 Å². The van der Waals surface area contributed by atoms with Crippen LogP contribution in [-0.2, 0) is 17.5 Å². The molecule has 27 heavy (non-hydrogen) atoms. The number of pyridine rings is 1. The van der Waals surface area contributed by atoms with Crippen LogP contribution in [0.2, 0.25) is 18.1 Å². The van der Waals surface area contributed by atoms with Crippen molar-refractivity contribution >= 4 is 36.1 Å². The summed E-state index contributed by atoms with van der Waals surface area (Å²) in [5.74, 6) is 1.49. The molecule has 1 aliphatic heterocycles. The maximum atomic E-state index is 6.72. The number of imidazole rings is 1. The first-order valence-electron chi connectivity index (χ1n) is 9.59. The largest absolute Gasteiger partial charge is 0.411 e. The van der Waals surface area contributed by atoms with Crippen LogP contribution in [0, 0.1) is 0 Å². The topological polar surface area (TPSA) is 78.0 Å². The Bertz CT molecular complexity index is 1000. The van der Waals surface area contributed by atoms with E-state index >= 15 is 0 Å². The molecule has 6 nitrogen and oxygen atoms in total. The van der Waals surface area contributed by atoms with Crippen LogP contribution in [0.15, 0.2) is 24.3 Å². The molecule has 0 aliphatic carbocycles. The predicted molar refractivity (Wildman–Crippen MR) is 113 cm³/mol. The number of hydrogen-bond donors (Lipinski definition) is 2. The SMILES string of the molecule is CC(C)(C)[Si](C)(C)OC1CNCc2nc3c(N)nc4ccccc4c3n2C1. The van der Waals surface area contributed by atoms with Crippen molar-refractivity contribution in [2.45, 2.75) is 58.1 Å². The molecule has 7 heteroatoms. The molecule has 2 aromatic heterocycles. The Morgan fingerprint density at radius 1 is 1.22 bits per heavy atom.